The first kappa shape index (κ1) is 25.0. The van der Waals surface area contributed by atoms with Crippen LogP contribution in [0.4, 0.5) is 17.6 Å². The Kier molecular flexibility index (Phi) is 6.29. The van der Waals surface area contributed by atoms with Crippen LogP contribution in [0, 0.1) is 5.92 Å². The van der Waals surface area contributed by atoms with Crippen molar-refractivity contribution in [2.75, 3.05) is 13.1 Å². The number of hydroxylamine groups is 1. The monoisotopic (exact) mass is 537 g/mol. The van der Waals surface area contributed by atoms with Gasteiger partial charge in [0, 0.05) is 23.2 Å². The summed E-state index contributed by atoms with van der Waals surface area (Å²) < 4.78 is 57.6. The second-order valence-electron chi connectivity index (χ2n) is 8.50. The van der Waals surface area contributed by atoms with Crippen LogP contribution in [0.2, 0.25) is 15.1 Å². The fourth-order valence-corrected chi connectivity index (χ4v) is 4.41. The summed E-state index contributed by atoms with van der Waals surface area (Å²) in [5.74, 6) is -0.409. The van der Waals surface area contributed by atoms with Gasteiger partial charge in [-0.05, 0) is 30.3 Å². The molecule has 1 saturated heterocycles. The summed E-state index contributed by atoms with van der Waals surface area (Å²) >= 11 is 17.8. The number of likely N-dealkylation sites (tertiary alicyclic amines) is 1. The van der Waals surface area contributed by atoms with Gasteiger partial charge >= 0.3 is 6.18 Å². The van der Waals surface area contributed by atoms with Gasteiger partial charge in [0.1, 0.15) is 0 Å². The number of aromatic nitrogens is 1. The van der Waals surface area contributed by atoms with Crippen LogP contribution in [0.15, 0.2) is 36.5 Å². The summed E-state index contributed by atoms with van der Waals surface area (Å²) in [7, 11) is 0. The Balaban J connectivity index is 1.62. The molecule has 1 N–H and O–H groups in total. The number of hydrogen-bond donors (Lipinski definition) is 1. The average molecular weight is 539 g/mol. The van der Waals surface area contributed by atoms with E-state index in [9.17, 15) is 18.0 Å². The minimum absolute atomic E-state index is 0.0308. The number of hydrogen-bond acceptors (Lipinski definition) is 4. The summed E-state index contributed by atoms with van der Waals surface area (Å²) in [4.78, 5) is 22.5. The predicted molar refractivity (Wildman–Crippen MR) is 120 cm³/mol. The van der Waals surface area contributed by atoms with E-state index >= 15 is 4.39 Å². The third-order valence-corrected chi connectivity index (χ3v) is 6.92. The van der Waals surface area contributed by atoms with Crippen molar-refractivity contribution in [3.8, 4) is 0 Å². The number of rotatable bonds is 4. The second kappa shape index (κ2) is 8.55. The van der Waals surface area contributed by atoms with Crippen molar-refractivity contribution in [3.05, 3.63) is 68.4 Å². The maximum Gasteiger partial charge on any atom is 0.428 e. The van der Waals surface area contributed by atoms with Crippen LogP contribution in [0.5, 0.6) is 0 Å². The maximum absolute atomic E-state index is 15.1. The molecule has 1 aromatic carbocycles. The summed E-state index contributed by atoms with van der Waals surface area (Å²) in [5, 5.41) is -0.407. The van der Waals surface area contributed by atoms with Gasteiger partial charge in [0.05, 0.1) is 39.5 Å². The molecule has 3 heterocycles. The van der Waals surface area contributed by atoms with E-state index in [1.165, 1.54) is 23.2 Å². The van der Waals surface area contributed by atoms with Crippen molar-refractivity contribution >= 4 is 46.4 Å². The van der Waals surface area contributed by atoms with E-state index in [-0.39, 0.29) is 62.5 Å². The predicted octanol–water partition coefficient (Wildman–Crippen LogP) is 6.04. The number of nitrogens with zero attached hydrogens (tertiary/aromatic N) is 2. The lowest BCUT2D eigenvalue weighted by molar-refractivity contribution is -0.269. The molecule has 0 bridgehead atoms. The number of amides is 1. The van der Waals surface area contributed by atoms with Crippen molar-refractivity contribution in [3.63, 3.8) is 0 Å². The average Bonchev–Trinajstić information content (AvgIpc) is 3.21. The molecule has 182 valence electrons. The molecule has 2 aromatic rings. The highest BCUT2D eigenvalue weighted by molar-refractivity contribution is 6.48. The topological polar surface area (TPSA) is 54.5 Å². The molecule has 1 fully saturated rings. The van der Waals surface area contributed by atoms with Gasteiger partial charge in [-0.3, -0.25) is 20.1 Å². The molecule has 12 heteroatoms. The molecule has 4 rings (SSSR count). The number of pyridine rings is 1. The van der Waals surface area contributed by atoms with Gasteiger partial charge in [0.25, 0.3) is 0 Å². The number of carbonyl (C=O) groups excluding carboxylic acids is 1. The maximum atomic E-state index is 15.1. The highest BCUT2D eigenvalue weighted by Crippen LogP contribution is 2.49. The zero-order valence-electron chi connectivity index (χ0n) is 17.8. The number of halogens is 7. The van der Waals surface area contributed by atoms with Crippen LogP contribution in [0.3, 0.4) is 0 Å². The van der Waals surface area contributed by atoms with E-state index in [1.807, 2.05) is 0 Å². The summed E-state index contributed by atoms with van der Waals surface area (Å²) in [6.07, 6.45) is -2.83. The molecule has 5 nitrogen and oxygen atoms in total. The van der Waals surface area contributed by atoms with Gasteiger partial charge in [-0.2, -0.15) is 13.2 Å². The molecular formula is C22H18Cl3F4N3O2. The lowest BCUT2D eigenvalue weighted by atomic mass is 9.90. The Hall–Kier alpha value is -2.07. The highest BCUT2D eigenvalue weighted by Gasteiger charge is 2.60. The quantitative estimate of drug-likeness (QED) is 0.381. The SMILES string of the molecule is CC(C)C(=O)N1CC(F)(c2ccc(C3=CC(c4cc(Cl)c(Cl)c(Cl)c4)(C(F)(F)F)ON3)cn2)C1. The lowest BCUT2D eigenvalue weighted by Gasteiger charge is -2.44. The molecule has 34 heavy (non-hydrogen) atoms. The van der Waals surface area contributed by atoms with Gasteiger partial charge < -0.3 is 4.90 Å². The minimum Gasteiger partial charge on any atom is -0.335 e. The van der Waals surface area contributed by atoms with Crippen molar-refractivity contribution in [2.24, 2.45) is 5.92 Å². The Labute approximate surface area is 207 Å². The van der Waals surface area contributed by atoms with E-state index in [0.29, 0.717) is 0 Å². The Morgan fingerprint density at radius 3 is 2.29 bits per heavy atom. The first-order chi connectivity index (χ1) is 15.8. The fraction of sp³-hybridized carbons (Fsp3) is 0.364. The Morgan fingerprint density at radius 1 is 1.18 bits per heavy atom. The zero-order valence-corrected chi connectivity index (χ0v) is 20.1. The smallest absolute Gasteiger partial charge is 0.335 e. The van der Waals surface area contributed by atoms with Crippen molar-refractivity contribution < 1.29 is 27.2 Å². The molecule has 0 spiro atoms. The largest absolute Gasteiger partial charge is 0.428 e. The van der Waals surface area contributed by atoms with Crippen molar-refractivity contribution in [1.82, 2.24) is 15.4 Å². The van der Waals surface area contributed by atoms with Crippen LogP contribution in [0.25, 0.3) is 5.70 Å². The molecule has 2 aliphatic heterocycles. The van der Waals surface area contributed by atoms with Crippen LogP contribution in [0.1, 0.15) is 30.7 Å². The van der Waals surface area contributed by atoms with E-state index in [4.69, 9.17) is 39.6 Å². The second-order valence-corrected chi connectivity index (χ2v) is 9.69. The molecule has 2 aliphatic rings. The third kappa shape index (κ3) is 4.12. The number of carbonyl (C=O) groups is 1. The van der Waals surface area contributed by atoms with Gasteiger partial charge in [0.2, 0.25) is 11.5 Å². The van der Waals surface area contributed by atoms with E-state index in [2.05, 4.69) is 10.5 Å². The lowest BCUT2D eigenvalue weighted by Crippen LogP contribution is -2.60. The zero-order chi connectivity index (χ0) is 25.1. The summed E-state index contributed by atoms with van der Waals surface area (Å²) in [5.41, 5.74) is -2.52. The first-order valence-corrected chi connectivity index (χ1v) is 11.2. The fourth-order valence-electron chi connectivity index (χ4n) is 3.82. The van der Waals surface area contributed by atoms with E-state index in [1.54, 1.807) is 13.8 Å². The van der Waals surface area contributed by atoms with Gasteiger partial charge in [-0.25, -0.2) is 4.39 Å². The van der Waals surface area contributed by atoms with Gasteiger partial charge in [-0.1, -0.05) is 48.7 Å². The molecule has 0 saturated carbocycles. The molecule has 1 aromatic heterocycles. The number of benzene rings is 1. The highest BCUT2D eigenvalue weighted by atomic mass is 35.5. The first-order valence-electron chi connectivity index (χ1n) is 10.1. The summed E-state index contributed by atoms with van der Waals surface area (Å²) in [6, 6.07) is 4.85. The van der Waals surface area contributed by atoms with Gasteiger partial charge in [-0.15, -0.1) is 0 Å². The molecule has 0 radical (unpaired) electrons. The van der Waals surface area contributed by atoms with Crippen LogP contribution < -0.4 is 5.48 Å². The van der Waals surface area contributed by atoms with Crippen molar-refractivity contribution in [2.45, 2.75) is 31.3 Å². The van der Waals surface area contributed by atoms with Gasteiger partial charge in [0.15, 0.2) is 5.67 Å². The Bertz CT molecular complexity index is 1140. The molecule has 0 aliphatic carbocycles. The molecule has 1 atom stereocenters. The Morgan fingerprint density at radius 2 is 1.79 bits per heavy atom. The van der Waals surface area contributed by atoms with Crippen LogP contribution in [-0.4, -0.2) is 35.1 Å². The molecular weight excluding hydrogens is 521 g/mol. The normalized spacial score (nSPS) is 21.8. The van der Waals surface area contributed by atoms with E-state index < -0.39 is 17.4 Å². The number of alkyl halides is 4. The standard InChI is InChI=1S/C22H18Cl3F4N3O2/c1-11(2)19(33)32-9-20(26,10-32)17-4-3-12(8-30-17)16-7-21(34-31-16,22(27,28)29)13-5-14(23)18(25)15(24)6-13/h3-8,11,31H,9-10H2,1-2H3. The molecule has 1 amide bonds. The molecule has 1 unspecified atom stereocenters. The summed E-state index contributed by atoms with van der Waals surface area (Å²) in [6.45, 7) is 3.20. The number of nitrogens with one attached hydrogen (secondary N) is 1. The van der Waals surface area contributed by atoms with E-state index in [0.717, 1.165) is 18.2 Å². The van der Waals surface area contributed by atoms with Crippen LogP contribution in [-0.2, 0) is 20.9 Å². The van der Waals surface area contributed by atoms with Crippen LogP contribution >= 0.6 is 34.8 Å². The minimum atomic E-state index is -4.89. The van der Waals surface area contributed by atoms with Crippen molar-refractivity contribution in [1.29, 1.82) is 0 Å². The third-order valence-electron chi connectivity index (χ3n) is 5.73.